The van der Waals surface area contributed by atoms with Gasteiger partial charge in [0.2, 0.25) is 5.91 Å². The predicted molar refractivity (Wildman–Crippen MR) is 116 cm³/mol. The minimum atomic E-state index is -0.175. The Labute approximate surface area is 175 Å². The van der Waals surface area contributed by atoms with E-state index in [4.69, 9.17) is 0 Å². The minimum absolute atomic E-state index is 0.0731. The van der Waals surface area contributed by atoms with Crippen molar-refractivity contribution < 1.29 is 9.59 Å². The Morgan fingerprint density at radius 2 is 1.93 bits per heavy atom. The average Bonchev–Trinajstić information content (AvgIpc) is 3.20. The van der Waals surface area contributed by atoms with Gasteiger partial charge in [0.05, 0.1) is 5.92 Å². The quantitative estimate of drug-likeness (QED) is 0.772. The van der Waals surface area contributed by atoms with Gasteiger partial charge < -0.3 is 20.4 Å². The molecule has 3 rings (SSSR count). The predicted octanol–water partition coefficient (Wildman–Crippen LogP) is 2.73. The summed E-state index contributed by atoms with van der Waals surface area (Å²) in [4.78, 5) is 29.8. The van der Waals surface area contributed by atoms with Crippen molar-refractivity contribution in [1.82, 2.24) is 20.4 Å². The van der Waals surface area contributed by atoms with Crippen LogP contribution in [0.25, 0.3) is 0 Å². The van der Waals surface area contributed by atoms with Gasteiger partial charge in [-0.15, -0.1) is 0 Å². The van der Waals surface area contributed by atoms with Gasteiger partial charge in [-0.25, -0.2) is 4.79 Å². The number of urea groups is 1. The molecule has 1 aromatic rings. The molecular weight excluding hydrogens is 364 g/mol. The van der Waals surface area contributed by atoms with Crippen molar-refractivity contribution in [2.24, 2.45) is 5.92 Å². The Balaban J connectivity index is 1.65. The number of piperidine rings is 1. The summed E-state index contributed by atoms with van der Waals surface area (Å²) >= 11 is 0. The number of hydrogen-bond acceptors (Lipinski definition) is 3. The number of carbonyl (C=O) groups is 2. The van der Waals surface area contributed by atoms with E-state index in [0.29, 0.717) is 19.6 Å². The Kier molecular flexibility index (Phi) is 7.53. The van der Waals surface area contributed by atoms with Crippen molar-refractivity contribution in [2.45, 2.75) is 52.0 Å². The van der Waals surface area contributed by atoms with Crippen LogP contribution in [0.4, 0.5) is 4.79 Å². The SMILES string of the molecule is Cc1cccc([C@H]2C[C@H](C(=O)NCCN3CCCC3)CN(C(=O)NC(C)C)C2)c1. The van der Waals surface area contributed by atoms with Crippen LogP contribution in [-0.2, 0) is 4.79 Å². The van der Waals surface area contributed by atoms with Crippen LogP contribution < -0.4 is 10.6 Å². The number of benzene rings is 1. The molecule has 2 atom stereocenters. The summed E-state index contributed by atoms with van der Waals surface area (Å²) in [6, 6.07) is 8.43. The van der Waals surface area contributed by atoms with Crippen LogP contribution in [0.3, 0.4) is 0 Å². The lowest BCUT2D eigenvalue weighted by Crippen LogP contribution is -2.52. The first kappa shape index (κ1) is 21.6. The molecule has 2 saturated heterocycles. The fourth-order valence-corrected chi connectivity index (χ4v) is 4.45. The summed E-state index contributed by atoms with van der Waals surface area (Å²) < 4.78 is 0. The fraction of sp³-hybridized carbons (Fsp3) is 0.652. The molecule has 0 bridgehead atoms. The van der Waals surface area contributed by atoms with Gasteiger partial charge in [-0.1, -0.05) is 29.8 Å². The van der Waals surface area contributed by atoms with Gasteiger partial charge in [0.1, 0.15) is 0 Å². The normalized spacial score (nSPS) is 22.7. The van der Waals surface area contributed by atoms with E-state index in [-0.39, 0.29) is 29.8 Å². The highest BCUT2D eigenvalue weighted by Gasteiger charge is 2.34. The van der Waals surface area contributed by atoms with Gasteiger partial charge in [-0.2, -0.15) is 0 Å². The third-order valence-electron chi connectivity index (χ3n) is 5.96. The molecule has 29 heavy (non-hydrogen) atoms. The Hall–Kier alpha value is -2.08. The molecule has 2 N–H and O–H groups in total. The van der Waals surface area contributed by atoms with Crippen molar-refractivity contribution in [3.63, 3.8) is 0 Å². The van der Waals surface area contributed by atoms with E-state index >= 15 is 0 Å². The molecule has 0 aromatic heterocycles. The Morgan fingerprint density at radius 3 is 2.62 bits per heavy atom. The maximum atomic E-state index is 12.9. The highest BCUT2D eigenvalue weighted by atomic mass is 16.2. The number of aryl methyl sites for hydroxylation is 1. The van der Waals surface area contributed by atoms with E-state index in [9.17, 15) is 9.59 Å². The largest absolute Gasteiger partial charge is 0.355 e. The highest BCUT2D eigenvalue weighted by molar-refractivity contribution is 5.81. The zero-order valence-corrected chi connectivity index (χ0v) is 18.1. The Bertz CT molecular complexity index is 700. The van der Waals surface area contributed by atoms with Crippen LogP contribution >= 0.6 is 0 Å². The molecule has 1 aromatic carbocycles. The first-order valence-corrected chi connectivity index (χ1v) is 11.0. The molecule has 2 heterocycles. The third kappa shape index (κ3) is 6.20. The molecule has 6 heteroatoms. The molecule has 2 fully saturated rings. The van der Waals surface area contributed by atoms with Crippen LogP contribution in [-0.4, -0.2) is 67.0 Å². The molecule has 6 nitrogen and oxygen atoms in total. The molecule has 3 amide bonds. The van der Waals surface area contributed by atoms with Crippen LogP contribution in [0.15, 0.2) is 24.3 Å². The summed E-state index contributed by atoms with van der Waals surface area (Å²) in [6.07, 6.45) is 3.30. The average molecular weight is 401 g/mol. The van der Waals surface area contributed by atoms with Crippen LogP contribution in [0.1, 0.15) is 50.2 Å². The van der Waals surface area contributed by atoms with Crippen LogP contribution in [0.5, 0.6) is 0 Å². The van der Waals surface area contributed by atoms with E-state index in [1.165, 1.54) is 24.0 Å². The Morgan fingerprint density at radius 1 is 1.17 bits per heavy atom. The van der Waals surface area contributed by atoms with Crippen molar-refractivity contribution in [3.8, 4) is 0 Å². The summed E-state index contributed by atoms with van der Waals surface area (Å²) in [5, 5.41) is 6.11. The second-order valence-electron chi connectivity index (χ2n) is 8.89. The van der Waals surface area contributed by atoms with E-state index in [0.717, 1.165) is 26.1 Å². The molecule has 0 aliphatic carbocycles. The second-order valence-corrected chi connectivity index (χ2v) is 8.89. The van der Waals surface area contributed by atoms with E-state index in [1.807, 2.05) is 18.7 Å². The first-order chi connectivity index (χ1) is 13.9. The van der Waals surface area contributed by atoms with Crippen molar-refractivity contribution in [2.75, 3.05) is 39.3 Å². The third-order valence-corrected chi connectivity index (χ3v) is 5.96. The molecule has 0 spiro atoms. The van der Waals surface area contributed by atoms with Crippen molar-refractivity contribution in [1.29, 1.82) is 0 Å². The lowest BCUT2D eigenvalue weighted by molar-refractivity contribution is -0.126. The zero-order chi connectivity index (χ0) is 20.8. The highest BCUT2D eigenvalue weighted by Crippen LogP contribution is 2.31. The van der Waals surface area contributed by atoms with Gasteiger partial charge >= 0.3 is 6.03 Å². The zero-order valence-electron chi connectivity index (χ0n) is 18.1. The van der Waals surface area contributed by atoms with Gasteiger partial charge in [-0.3, -0.25) is 4.79 Å². The fourth-order valence-electron chi connectivity index (χ4n) is 4.45. The molecule has 0 radical (unpaired) electrons. The molecular formula is C23H36N4O2. The van der Waals surface area contributed by atoms with Crippen LogP contribution in [0, 0.1) is 12.8 Å². The number of nitrogens with zero attached hydrogens (tertiary/aromatic N) is 2. The van der Waals surface area contributed by atoms with Gasteiger partial charge in [0.25, 0.3) is 0 Å². The topological polar surface area (TPSA) is 64.7 Å². The maximum Gasteiger partial charge on any atom is 0.317 e. The number of hydrogen-bond donors (Lipinski definition) is 2. The summed E-state index contributed by atoms with van der Waals surface area (Å²) in [5.74, 6) is 0.0746. The van der Waals surface area contributed by atoms with Gasteiger partial charge in [-0.05, 0) is 58.7 Å². The summed E-state index contributed by atoms with van der Waals surface area (Å²) in [7, 11) is 0. The van der Waals surface area contributed by atoms with Crippen molar-refractivity contribution >= 4 is 11.9 Å². The number of nitrogens with one attached hydrogen (secondary N) is 2. The number of amides is 3. The second kappa shape index (κ2) is 10.1. The standard InChI is InChI=1S/C23H36N4O2/c1-17(2)25-23(29)27-15-20(19-8-6-7-18(3)13-19)14-21(16-27)22(28)24-9-12-26-10-4-5-11-26/h6-8,13,17,20-21H,4-5,9-12,14-16H2,1-3H3,(H,24,28)(H,25,29)/t20-,21-/m0/s1. The monoisotopic (exact) mass is 400 g/mol. The first-order valence-electron chi connectivity index (χ1n) is 11.0. The number of rotatable bonds is 6. The number of carbonyl (C=O) groups excluding carboxylic acids is 2. The summed E-state index contributed by atoms with van der Waals surface area (Å²) in [6.45, 7) is 11.0. The molecule has 160 valence electrons. The molecule has 0 saturated carbocycles. The minimum Gasteiger partial charge on any atom is -0.355 e. The van der Waals surface area contributed by atoms with Crippen LogP contribution in [0.2, 0.25) is 0 Å². The van der Waals surface area contributed by atoms with E-state index in [2.05, 4.69) is 46.7 Å². The smallest absolute Gasteiger partial charge is 0.317 e. The van der Waals surface area contributed by atoms with Gasteiger partial charge in [0.15, 0.2) is 0 Å². The molecule has 2 aliphatic heterocycles. The maximum absolute atomic E-state index is 12.9. The summed E-state index contributed by atoms with van der Waals surface area (Å²) in [5.41, 5.74) is 2.42. The molecule has 2 aliphatic rings. The van der Waals surface area contributed by atoms with Crippen molar-refractivity contribution in [3.05, 3.63) is 35.4 Å². The van der Waals surface area contributed by atoms with Gasteiger partial charge in [0, 0.05) is 38.1 Å². The number of likely N-dealkylation sites (tertiary alicyclic amines) is 2. The lowest BCUT2D eigenvalue weighted by atomic mass is 9.83. The van der Waals surface area contributed by atoms with E-state index < -0.39 is 0 Å². The lowest BCUT2D eigenvalue weighted by Gasteiger charge is -2.38. The van der Waals surface area contributed by atoms with E-state index in [1.54, 1.807) is 0 Å². The molecule has 0 unspecified atom stereocenters.